The van der Waals surface area contributed by atoms with Gasteiger partial charge in [0.2, 0.25) is 15.7 Å². The van der Waals surface area contributed by atoms with Gasteiger partial charge in [0.15, 0.2) is 0 Å². The number of likely N-dealkylation sites (tertiary alicyclic amines) is 1. The molecule has 2 heterocycles. The molecule has 0 saturated carbocycles. The van der Waals surface area contributed by atoms with Gasteiger partial charge in [-0.25, -0.2) is 13.2 Å². The summed E-state index contributed by atoms with van der Waals surface area (Å²) in [5.74, 6) is -2.15. The lowest BCUT2D eigenvalue weighted by atomic mass is 10.0. The number of nitrogens with zero attached hydrogens (tertiary/aromatic N) is 1. The molecule has 4 rings (SSSR count). The number of carboxylic acids is 1. The highest BCUT2D eigenvalue weighted by molar-refractivity contribution is 7.92. The zero-order valence-corrected chi connectivity index (χ0v) is 16.1. The second kappa shape index (κ2) is 7.00. The minimum atomic E-state index is -3.70. The first-order valence-corrected chi connectivity index (χ1v) is 10.6. The van der Waals surface area contributed by atoms with E-state index < -0.39 is 33.7 Å². The van der Waals surface area contributed by atoms with Gasteiger partial charge >= 0.3 is 5.97 Å². The summed E-state index contributed by atoms with van der Waals surface area (Å²) in [6.45, 7) is -0.0201. The van der Waals surface area contributed by atoms with E-state index in [9.17, 15) is 22.8 Å². The quantitative estimate of drug-likeness (QED) is 0.664. The lowest BCUT2D eigenvalue weighted by Crippen LogP contribution is -2.45. The Morgan fingerprint density at radius 2 is 1.79 bits per heavy atom. The first kappa shape index (κ1) is 19.1. The number of carbonyl (C=O) groups is 3. The molecule has 2 aliphatic rings. The first-order chi connectivity index (χ1) is 13.8. The summed E-state index contributed by atoms with van der Waals surface area (Å²) < 4.78 is 25.5. The molecule has 0 unspecified atom stereocenters. The maximum absolute atomic E-state index is 12.7. The number of carbonyl (C=O) groups excluding carboxylic acids is 2. The summed E-state index contributed by atoms with van der Waals surface area (Å²) in [6, 6.07) is 10.2. The molecule has 0 aliphatic carbocycles. The molecule has 0 radical (unpaired) electrons. The third kappa shape index (κ3) is 3.17. The van der Waals surface area contributed by atoms with Crippen LogP contribution in [0.15, 0.2) is 52.3 Å². The Kier molecular flexibility index (Phi) is 4.62. The van der Waals surface area contributed by atoms with E-state index >= 15 is 0 Å². The highest BCUT2D eigenvalue weighted by Gasteiger charge is 2.35. The lowest BCUT2D eigenvalue weighted by Gasteiger charge is -2.21. The standard InChI is InChI=1S/C20H18N2O6S/c23-18(22-9-3-5-15(22)20(25)26)11-21-19(24)12-7-8-14-13-4-1-2-6-16(13)29(27,28)17(14)10-12/h1-2,4,6-8,10,15H,3,5,9,11H2,(H,21,24)(H,25,26)/t15-/m0/s1. The minimum absolute atomic E-state index is 0.0585. The van der Waals surface area contributed by atoms with Gasteiger partial charge in [0.25, 0.3) is 5.91 Å². The zero-order valence-electron chi connectivity index (χ0n) is 15.3. The van der Waals surface area contributed by atoms with Crippen LogP contribution < -0.4 is 5.32 Å². The second-order valence-corrected chi connectivity index (χ2v) is 8.86. The molecule has 1 atom stereocenters. The lowest BCUT2D eigenvalue weighted by molar-refractivity contribution is -0.147. The highest BCUT2D eigenvalue weighted by Crippen LogP contribution is 2.43. The number of hydrogen-bond donors (Lipinski definition) is 2. The number of sulfone groups is 1. The number of benzene rings is 2. The van der Waals surface area contributed by atoms with Crippen molar-refractivity contribution in [3.63, 3.8) is 0 Å². The van der Waals surface area contributed by atoms with E-state index in [-0.39, 0.29) is 21.9 Å². The molecule has 1 saturated heterocycles. The summed E-state index contributed by atoms with van der Waals surface area (Å²) in [5, 5.41) is 11.6. The fourth-order valence-corrected chi connectivity index (χ4v) is 5.54. The molecule has 2 aromatic carbocycles. The number of aliphatic carboxylic acids is 1. The molecule has 0 bridgehead atoms. The van der Waals surface area contributed by atoms with Gasteiger partial charge in [0.1, 0.15) is 6.04 Å². The van der Waals surface area contributed by atoms with E-state index in [0.29, 0.717) is 30.5 Å². The van der Waals surface area contributed by atoms with Crippen LogP contribution in [0.5, 0.6) is 0 Å². The van der Waals surface area contributed by atoms with Crippen LogP contribution in [0.4, 0.5) is 0 Å². The fourth-order valence-electron chi connectivity index (χ4n) is 3.83. The third-order valence-electron chi connectivity index (χ3n) is 5.26. The number of amides is 2. The monoisotopic (exact) mass is 414 g/mol. The molecule has 0 aromatic heterocycles. The number of nitrogens with one attached hydrogen (secondary N) is 1. The predicted octanol–water partition coefficient (Wildman–Crippen LogP) is 1.31. The summed E-state index contributed by atoms with van der Waals surface area (Å²) in [6.07, 6.45) is 0.984. The largest absolute Gasteiger partial charge is 0.480 e. The molecular weight excluding hydrogens is 396 g/mol. The second-order valence-electron chi connectivity index (χ2n) is 6.98. The van der Waals surface area contributed by atoms with Crippen LogP contribution in [0.25, 0.3) is 11.1 Å². The summed E-state index contributed by atoms with van der Waals surface area (Å²) >= 11 is 0. The Morgan fingerprint density at radius 3 is 2.55 bits per heavy atom. The molecule has 0 spiro atoms. The summed E-state index contributed by atoms with van der Waals surface area (Å²) in [7, 11) is -3.70. The highest BCUT2D eigenvalue weighted by atomic mass is 32.2. The number of carboxylic acid groups (broad SMARTS) is 1. The zero-order chi connectivity index (χ0) is 20.8. The Bertz CT molecular complexity index is 1140. The smallest absolute Gasteiger partial charge is 0.326 e. The van der Waals surface area contributed by atoms with Crippen LogP contribution in [0, 0.1) is 0 Å². The van der Waals surface area contributed by atoms with Crippen molar-refractivity contribution in [2.75, 3.05) is 13.1 Å². The molecule has 2 aromatic rings. The van der Waals surface area contributed by atoms with Gasteiger partial charge in [-0.05, 0) is 31.0 Å². The van der Waals surface area contributed by atoms with E-state index in [1.54, 1.807) is 24.3 Å². The third-order valence-corrected chi connectivity index (χ3v) is 7.11. The number of fused-ring (bicyclic) bond motifs is 3. The Labute approximate surface area is 167 Å². The van der Waals surface area contributed by atoms with Gasteiger partial charge in [-0.3, -0.25) is 9.59 Å². The van der Waals surface area contributed by atoms with Crippen molar-refractivity contribution in [3.8, 4) is 11.1 Å². The first-order valence-electron chi connectivity index (χ1n) is 9.10. The van der Waals surface area contributed by atoms with Crippen LogP contribution >= 0.6 is 0 Å². The van der Waals surface area contributed by atoms with E-state index in [0.717, 1.165) is 0 Å². The van der Waals surface area contributed by atoms with Gasteiger partial charge in [-0.1, -0.05) is 24.3 Å². The van der Waals surface area contributed by atoms with Crippen molar-refractivity contribution in [2.24, 2.45) is 0 Å². The molecule has 2 amide bonds. The maximum Gasteiger partial charge on any atom is 0.326 e. The van der Waals surface area contributed by atoms with Crippen LogP contribution in [0.3, 0.4) is 0 Å². The molecule has 2 N–H and O–H groups in total. The molecule has 150 valence electrons. The van der Waals surface area contributed by atoms with Gasteiger partial charge < -0.3 is 15.3 Å². The summed E-state index contributed by atoms with van der Waals surface area (Å²) in [4.78, 5) is 37.5. The topological polar surface area (TPSA) is 121 Å². The summed E-state index contributed by atoms with van der Waals surface area (Å²) in [5.41, 5.74) is 1.25. The van der Waals surface area contributed by atoms with Crippen molar-refractivity contribution >= 4 is 27.6 Å². The maximum atomic E-state index is 12.7. The van der Waals surface area contributed by atoms with Crippen molar-refractivity contribution < 1.29 is 27.9 Å². The van der Waals surface area contributed by atoms with E-state index in [4.69, 9.17) is 5.11 Å². The minimum Gasteiger partial charge on any atom is -0.480 e. The predicted molar refractivity (Wildman–Crippen MR) is 102 cm³/mol. The molecule has 29 heavy (non-hydrogen) atoms. The van der Waals surface area contributed by atoms with Crippen LogP contribution in [0.1, 0.15) is 23.2 Å². The fraction of sp³-hybridized carbons (Fsp3) is 0.250. The van der Waals surface area contributed by atoms with Gasteiger partial charge in [-0.15, -0.1) is 0 Å². The van der Waals surface area contributed by atoms with Crippen LogP contribution in [-0.4, -0.2) is 55.3 Å². The van der Waals surface area contributed by atoms with Gasteiger partial charge in [0.05, 0.1) is 16.3 Å². The Balaban J connectivity index is 1.51. The Hall–Kier alpha value is -3.20. The van der Waals surface area contributed by atoms with Crippen molar-refractivity contribution in [1.29, 1.82) is 0 Å². The Morgan fingerprint density at radius 1 is 1.07 bits per heavy atom. The van der Waals surface area contributed by atoms with Crippen molar-refractivity contribution in [3.05, 3.63) is 48.0 Å². The van der Waals surface area contributed by atoms with Gasteiger partial charge in [0, 0.05) is 23.2 Å². The number of rotatable bonds is 4. The molecule has 9 heteroatoms. The SMILES string of the molecule is O=C(NCC(=O)N1CCC[C@H]1C(=O)O)c1ccc2c(c1)S(=O)(=O)c1ccccc1-2. The van der Waals surface area contributed by atoms with Crippen molar-refractivity contribution in [2.45, 2.75) is 28.7 Å². The van der Waals surface area contributed by atoms with E-state index in [2.05, 4.69) is 5.32 Å². The van der Waals surface area contributed by atoms with Crippen LogP contribution in [0.2, 0.25) is 0 Å². The average molecular weight is 414 g/mol. The average Bonchev–Trinajstić information content (AvgIpc) is 3.29. The van der Waals surface area contributed by atoms with Crippen molar-refractivity contribution in [1.82, 2.24) is 10.2 Å². The van der Waals surface area contributed by atoms with Gasteiger partial charge in [-0.2, -0.15) is 0 Å². The normalized spacial score (nSPS) is 18.8. The molecule has 2 aliphatic heterocycles. The molecule has 8 nitrogen and oxygen atoms in total. The number of hydrogen-bond acceptors (Lipinski definition) is 5. The molecular formula is C20H18N2O6S. The van der Waals surface area contributed by atoms with E-state index in [1.807, 2.05) is 0 Å². The van der Waals surface area contributed by atoms with E-state index in [1.165, 1.54) is 23.1 Å². The molecule has 1 fully saturated rings. The van der Waals surface area contributed by atoms with Crippen LogP contribution in [-0.2, 0) is 19.4 Å².